The first-order valence-electron chi connectivity index (χ1n) is 5.24. The molecule has 8 heteroatoms. The third-order valence-electron chi connectivity index (χ3n) is 2.36. The molecule has 0 atom stereocenters. The minimum Gasteiger partial charge on any atom is -0.508 e. The number of nitrogens with one attached hydrogen (secondary N) is 1. The van der Waals surface area contributed by atoms with Crippen LogP contribution in [-0.4, -0.2) is 20.0 Å². The number of hydrogen-bond donors (Lipinski definition) is 2. The third-order valence-corrected chi connectivity index (χ3v) is 2.63. The fourth-order valence-electron chi connectivity index (χ4n) is 1.45. The van der Waals surface area contributed by atoms with Crippen LogP contribution in [-0.2, 0) is 6.54 Å². The number of nitrogens with zero attached hydrogens (tertiary/aromatic N) is 3. The van der Waals surface area contributed by atoms with E-state index in [9.17, 15) is 10.1 Å². The summed E-state index contributed by atoms with van der Waals surface area (Å²) in [5.41, 5.74) is 0.477. The molecule has 0 saturated heterocycles. The van der Waals surface area contributed by atoms with Crippen molar-refractivity contribution in [2.75, 3.05) is 5.32 Å². The summed E-state index contributed by atoms with van der Waals surface area (Å²) in [6, 6.07) is 6.44. The molecule has 0 radical (unpaired) electrons. The Bertz CT molecular complexity index is 603. The van der Waals surface area contributed by atoms with E-state index in [-0.39, 0.29) is 22.4 Å². The van der Waals surface area contributed by atoms with Crippen LogP contribution in [0.25, 0.3) is 0 Å². The standard InChI is InChI=1S/C11H9ClN4O3/c12-10-9(16(18)19)11(15-6-14-10)13-5-7-1-3-8(17)4-2-7/h1-4,6,17H,5H2,(H,13,14,15). The monoisotopic (exact) mass is 280 g/mol. The number of phenols is 1. The van der Waals surface area contributed by atoms with Crippen molar-refractivity contribution < 1.29 is 10.0 Å². The summed E-state index contributed by atoms with van der Waals surface area (Å²) in [7, 11) is 0. The Morgan fingerprint density at radius 1 is 1.32 bits per heavy atom. The van der Waals surface area contributed by atoms with Gasteiger partial charge >= 0.3 is 5.69 Å². The normalized spacial score (nSPS) is 10.2. The fraction of sp³-hybridized carbons (Fsp3) is 0.0909. The van der Waals surface area contributed by atoms with E-state index >= 15 is 0 Å². The molecular formula is C11H9ClN4O3. The van der Waals surface area contributed by atoms with Crippen molar-refractivity contribution in [1.82, 2.24) is 9.97 Å². The van der Waals surface area contributed by atoms with E-state index in [1.54, 1.807) is 12.1 Å². The lowest BCUT2D eigenvalue weighted by molar-refractivity contribution is -0.384. The van der Waals surface area contributed by atoms with Crippen molar-refractivity contribution in [1.29, 1.82) is 0 Å². The molecule has 0 bridgehead atoms. The zero-order valence-corrected chi connectivity index (χ0v) is 10.3. The van der Waals surface area contributed by atoms with E-state index in [0.29, 0.717) is 6.54 Å². The van der Waals surface area contributed by atoms with Crippen LogP contribution in [0, 0.1) is 10.1 Å². The zero-order valence-electron chi connectivity index (χ0n) is 9.58. The maximum atomic E-state index is 10.9. The molecule has 1 aromatic carbocycles. The number of aromatic nitrogens is 2. The van der Waals surface area contributed by atoms with Crippen LogP contribution >= 0.6 is 11.6 Å². The van der Waals surface area contributed by atoms with Gasteiger partial charge in [0, 0.05) is 6.54 Å². The average molecular weight is 281 g/mol. The molecule has 0 saturated carbocycles. The van der Waals surface area contributed by atoms with E-state index in [4.69, 9.17) is 16.7 Å². The van der Waals surface area contributed by atoms with E-state index in [0.717, 1.165) is 11.9 Å². The van der Waals surface area contributed by atoms with Gasteiger partial charge < -0.3 is 10.4 Å². The Morgan fingerprint density at radius 3 is 2.63 bits per heavy atom. The Kier molecular flexibility index (Phi) is 3.76. The highest BCUT2D eigenvalue weighted by molar-refractivity contribution is 6.31. The molecule has 2 N–H and O–H groups in total. The zero-order chi connectivity index (χ0) is 13.8. The summed E-state index contributed by atoms with van der Waals surface area (Å²) in [6.07, 6.45) is 1.15. The number of rotatable bonds is 4. The average Bonchev–Trinajstić information content (AvgIpc) is 2.37. The Morgan fingerprint density at radius 2 is 2.00 bits per heavy atom. The van der Waals surface area contributed by atoms with E-state index in [1.165, 1.54) is 12.1 Å². The molecule has 1 aromatic heterocycles. The maximum absolute atomic E-state index is 10.9. The number of anilines is 1. The summed E-state index contributed by atoms with van der Waals surface area (Å²) in [5, 5.41) is 22.6. The smallest absolute Gasteiger partial charge is 0.348 e. The molecule has 0 unspecified atom stereocenters. The summed E-state index contributed by atoms with van der Waals surface area (Å²) in [5.74, 6) is 0.206. The van der Waals surface area contributed by atoms with Crippen molar-refractivity contribution >= 4 is 23.1 Å². The predicted molar refractivity (Wildman–Crippen MR) is 69.1 cm³/mol. The molecule has 0 aliphatic heterocycles. The number of halogens is 1. The fourth-order valence-corrected chi connectivity index (χ4v) is 1.65. The van der Waals surface area contributed by atoms with Gasteiger partial charge in [0.2, 0.25) is 11.0 Å². The highest BCUT2D eigenvalue weighted by Gasteiger charge is 2.21. The largest absolute Gasteiger partial charge is 0.508 e. The predicted octanol–water partition coefficient (Wildman–Crippen LogP) is 2.36. The lowest BCUT2D eigenvalue weighted by Crippen LogP contribution is -2.05. The number of benzene rings is 1. The molecule has 0 fully saturated rings. The molecule has 1 heterocycles. The molecule has 0 aliphatic carbocycles. The van der Waals surface area contributed by atoms with Gasteiger partial charge in [-0.05, 0) is 17.7 Å². The van der Waals surface area contributed by atoms with Crippen molar-refractivity contribution in [2.45, 2.75) is 6.54 Å². The highest BCUT2D eigenvalue weighted by atomic mass is 35.5. The number of hydrogen-bond acceptors (Lipinski definition) is 6. The number of phenolic OH excluding ortho intramolecular Hbond substituents is 1. The van der Waals surface area contributed by atoms with Crippen LogP contribution in [0.5, 0.6) is 5.75 Å². The Hall–Kier alpha value is -2.41. The van der Waals surface area contributed by atoms with Crippen LogP contribution < -0.4 is 5.32 Å². The molecule has 2 rings (SSSR count). The SMILES string of the molecule is O=[N+]([O-])c1c(Cl)ncnc1NCc1ccc(O)cc1. The number of nitro groups is 1. The summed E-state index contributed by atoms with van der Waals surface area (Å²) < 4.78 is 0. The Balaban J connectivity index is 2.18. The van der Waals surface area contributed by atoms with Gasteiger partial charge in [-0.2, -0.15) is 0 Å². The first-order chi connectivity index (χ1) is 9.08. The van der Waals surface area contributed by atoms with Gasteiger partial charge in [0.15, 0.2) is 0 Å². The minimum absolute atomic E-state index is 0.0538. The van der Waals surface area contributed by atoms with Crippen LogP contribution in [0.2, 0.25) is 5.15 Å². The van der Waals surface area contributed by atoms with Crippen molar-refractivity contribution in [2.24, 2.45) is 0 Å². The van der Waals surface area contributed by atoms with Crippen LogP contribution in [0.15, 0.2) is 30.6 Å². The second-order valence-corrected chi connectivity index (χ2v) is 4.00. The summed E-state index contributed by atoms with van der Waals surface area (Å²) >= 11 is 5.66. The molecule has 0 aliphatic rings. The van der Waals surface area contributed by atoms with Gasteiger partial charge in [-0.25, -0.2) is 9.97 Å². The highest BCUT2D eigenvalue weighted by Crippen LogP contribution is 2.28. The molecular weight excluding hydrogens is 272 g/mol. The molecule has 2 aromatic rings. The van der Waals surface area contributed by atoms with Gasteiger partial charge in [-0.15, -0.1) is 0 Å². The van der Waals surface area contributed by atoms with E-state index in [2.05, 4.69) is 15.3 Å². The Labute approximate surface area is 113 Å². The van der Waals surface area contributed by atoms with Gasteiger partial charge in [0.25, 0.3) is 0 Å². The van der Waals surface area contributed by atoms with Gasteiger partial charge in [-0.3, -0.25) is 10.1 Å². The second kappa shape index (κ2) is 5.49. The van der Waals surface area contributed by atoms with Crippen molar-refractivity contribution in [3.63, 3.8) is 0 Å². The quantitative estimate of drug-likeness (QED) is 0.506. The summed E-state index contributed by atoms with van der Waals surface area (Å²) in [4.78, 5) is 17.6. The minimum atomic E-state index is -0.637. The molecule has 0 amide bonds. The van der Waals surface area contributed by atoms with Gasteiger partial charge in [-0.1, -0.05) is 23.7 Å². The summed E-state index contributed by atoms with van der Waals surface area (Å²) in [6.45, 7) is 0.314. The van der Waals surface area contributed by atoms with E-state index in [1.807, 2.05) is 0 Å². The van der Waals surface area contributed by atoms with Gasteiger partial charge in [0.05, 0.1) is 4.92 Å². The first kappa shape index (κ1) is 13.0. The lowest BCUT2D eigenvalue weighted by Gasteiger charge is -2.06. The van der Waals surface area contributed by atoms with Crippen molar-refractivity contribution in [3.05, 3.63) is 51.4 Å². The maximum Gasteiger partial charge on any atom is 0.348 e. The topological polar surface area (TPSA) is 101 Å². The van der Waals surface area contributed by atoms with Crippen LogP contribution in [0.3, 0.4) is 0 Å². The molecule has 0 spiro atoms. The first-order valence-corrected chi connectivity index (χ1v) is 5.62. The van der Waals surface area contributed by atoms with Crippen molar-refractivity contribution in [3.8, 4) is 5.75 Å². The molecule has 7 nitrogen and oxygen atoms in total. The number of aromatic hydroxyl groups is 1. The lowest BCUT2D eigenvalue weighted by atomic mass is 10.2. The van der Waals surface area contributed by atoms with Crippen LogP contribution in [0.4, 0.5) is 11.5 Å². The van der Waals surface area contributed by atoms with Crippen LogP contribution in [0.1, 0.15) is 5.56 Å². The van der Waals surface area contributed by atoms with E-state index < -0.39 is 4.92 Å². The molecule has 98 valence electrons. The molecule has 19 heavy (non-hydrogen) atoms. The second-order valence-electron chi connectivity index (χ2n) is 3.64. The van der Waals surface area contributed by atoms with Gasteiger partial charge in [0.1, 0.15) is 12.1 Å². The third kappa shape index (κ3) is 3.08.